The molecule has 0 amide bonds. The maximum absolute atomic E-state index is 12.9. The Hall–Kier alpha value is -1.68. The van der Waals surface area contributed by atoms with Crippen molar-refractivity contribution < 1.29 is 4.39 Å². The zero-order valence-corrected chi connectivity index (χ0v) is 12.5. The summed E-state index contributed by atoms with van der Waals surface area (Å²) in [5, 5.41) is 3.42. The highest BCUT2D eigenvalue weighted by atomic mass is 19.1. The molecule has 0 aliphatic carbocycles. The molecule has 0 spiro atoms. The highest BCUT2D eigenvalue weighted by molar-refractivity contribution is 5.18. The van der Waals surface area contributed by atoms with Gasteiger partial charge in [0.05, 0.1) is 6.33 Å². The van der Waals surface area contributed by atoms with Gasteiger partial charge in [-0.1, -0.05) is 19.1 Å². The van der Waals surface area contributed by atoms with E-state index in [0.717, 1.165) is 44.5 Å². The molecule has 1 aliphatic rings. The number of aryl methyl sites for hydroxylation is 2. The number of benzene rings is 1. The van der Waals surface area contributed by atoms with Crippen LogP contribution in [0.25, 0.3) is 0 Å². The van der Waals surface area contributed by atoms with E-state index in [1.165, 1.54) is 17.8 Å². The van der Waals surface area contributed by atoms with E-state index >= 15 is 0 Å². The zero-order chi connectivity index (χ0) is 14.7. The number of hydrogen-bond donors (Lipinski definition) is 1. The first-order valence-electron chi connectivity index (χ1n) is 7.63. The number of piperidine rings is 1. The van der Waals surface area contributed by atoms with E-state index < -0.39 is 0 Å². The smallest absolute Gasteiger partial charge is 0.123 e. The molecule has 3 nitrogen and oxygen atoms in total. The lowest BCUT2D eigenvalue weighted by atomic mass is 9.78. The Balaban J connectivity index is 1.72. The summed E-state index contributed by atoms with van der Waals surface area (Å²) in [5.41, 5.74) is 2.70. The van der Waals surface area contributed by atoms with Crippen LogP contribution in [0.3, 0.4) is 0 Å². The van der Waals surface area contributed by atoms with Gasteiger partial charge in [-0.3, -0.25) is 0 Å². The lowest BCUT2D eigenvalue weighted by Gasteiger charge is -2.34. The van der Waals surface area contributed by atoms with E-state index in [2.05, 4.69) is 21.8 Å². The van der Waals surface area contributed by atoms with Gasteiger partial charge in [0, 0.05) is 23.9 Å². The largest absolute Gasteiger partial charge is 0.334 e. The first kappa shape index (κ1) is 14.3. The van der Waals surface area contributed by atoms with E-state index in [-0.39, 0.29) is 11.2 Å². The normalized spacial score (nSPS) is 17.8. The Bertz CT molecular complexity index is 582. The van der Waals surface area contributed by atoms with Crippen LogP contribution in [0.1, 0.15) is 31.0 Å². The van der Waals surface area contributed by atoms with Crippen molar-refractivity contribution in [1.29, 1.82) is 0 Å². The molecule has 112 valence electrons. The second-order valence-electron chi connectivity index (χ2n) is 6.16. The quantitative estimate of drug-likeness (QED) is 0.937. The van der Waals surface area contributed by atoms with Crippen molar-refractivity contribution in [2.24, 2.45) is 0 Å². The minimum atomic E-state index is -0.177. The average molecular weight is 287 g/mol. The number of hydrogen-bond acceptors (Lipinski definition) is 2. The van der Waals surface area contributed by atoms with Crippen molar-refractivity contribution in [3.8, 4) is 0 Å². The predicted molar refractivity (Wildman–Crippen MR) is 81.8 cm³/mol. The van der Waals surface area contributed by atoms with E-state index in [4.69, 9.17) is 0 Å². The van der Waals surface area contributed by atoms with Crippen LogP contribution >= 0.6 is 0 Å². The number of rotatable bonds is 4. The molecule has 21 heavy (non-hydrogen) atoms. The zero-order valence-electron chi connectivity index (χ0n) is 12.5. The topological polar surface area (TPSA) is 29.9 Å². The highest BCUT2D eigenvalue weighted by Crippen LogP contribution is 2.32. The summed E-state index contributed by atoms with van der Waals surface area (Å²) in [6.45, 7) is 5.36. The van der Waals surface area contributed by atoms with Crippen LogP contribution in [0.2, 0.25) is 0 Å². The SMILES string of the molecule is CC1(c2cncn2CCc2ccc(F)cc2)CCNCC1. The average Bonchev–Trinajstić information content (AvgIpc) is 2.97. The number of halogens is 1. The van der Waals surface area contributed by atoms with E-state index in [1.807, 2.05) is 24.7 Å². The highest BCUT2D eigenvalue weighted by Gasteiger charge is 2.31. The molecular weight excluding hydrogens is 265 g/mol. The summed E-state index contributed by atoms with van der Waals surface area (Å²) in [6, 6.07) is 6.77. The molecule has 1 N–H and O–H groups in total. The molecule has 1 aliphatic heterocycles. The van der Waals surface area contributed by atoms with Crippen molar-refractivity contribution in [1.82, 2.24) is 14.9 Å². The summed E-state index contributed by atoms with van der Waals surface area (Å²) >= 11 is 0. The van der Waals surface area contributed by atoms with Crippen LogP contribution in [0.15, 0.2) is 36.8 Å². The van der Waals surface area contributed by atoms with E-state index in [0.29, 0.717) is 0 Å². The Morgan fingerprint density at radius 2 is 1.95 bits per heavy atom. The molecule has 0 bridgehead atoms. The molecule has 1 aromatic carbocycles. The van der Waals surface area contributed by atoms with Crippen molar-refractivity contribution in [2.45, 2.75) is 38.1 Å². The van der Waals surface area contributed by atoms with Gasteiger partial charge in [0.25, 0.3) is 0 Å². The third-order valence-corrected chi connectivity index (χ3v) is 4.59. The number of nitrogens with zero attached hydrogens (tertiary/aromatic N) is 2. The minimum Gasteiger partial charge on any atom is -0.334 e. The number of imidazole rings is 1. The molecule has 1 fully saturated rings. The molecule has 1 aromatic heterocycles. The minimum absolute atomic E-state index is 0.177. The molecule has 0 saturated carbocycles. The predicted octanol–water partition coefficient (Wildman–Crippen LogP) is 2.91. The number of nitrogens with one attached hydrogen (secondary N) is 1. The van der Waals surface area contributed by atoms with Gasteiger partial charge in [-0.25, -0.2) is 9.37 Å². The molecule has 2 heterocycles. The fourth-order valence-corrected chi connectivity index (χ4v) is 3.14. The van der Waals surface area contributed by atoms with Crippen LogP contribution in [-0.4, -0.2) is 22.6 Å². The molecule has 0 unspecified atom stereocenters. The maximum atomic E-state index is 12.9. The van der Waals surface area contributed by atoms with Gasteiger partial charge in [0.15, 0.2) is 0 Å². The lowest BCUT2D eigenvalue weighted by Crippen LogP contribution is -2.39. The molecule has 2 aromatic rings. The molecule has 3 rings (SSSR count). The maximum Gasteiger partial charge on any atom is 0.123 e. The standard InChI is InChI=1S/C17H22FN3/c1-17(7-9-19-10-8-17)16-12-20-13-21(16)11-6-14-2-4-15(18)5-3-14/h2-5,12-13,19H,6-11H2,1H3. The molecule has 0 atom stereocenters. The Kier molecular flexibility index (Phi) is 4.06. The van der Waals surface area contributed by atoms with Gasteiger partial charge in [0.1, 0.15) is 5.82 Å². The monoisotopic (exact) mass is 287 g/mol. The first-order valence-corrected chi connectivity index (χ1v) is 7.63. The van der Waals surface area contributed by atoms with Crippen LogP contribution in [0, 0.1) is 5.82 Å². The van der Waals surface area contributed by atoms with Crippen LogP contribution < -0.4 is 5.32 Å². The molecule has 1 saturated heterocycles. The summed E-state index contributed by atoms with van der Waals surface area (Å²) < 4.78 is 15.2. The second kappa shape index (κ2) is 5.98. The van der Waals surface area contributed by atoms with Gasteiger partial charge < -0.3 is 9.88 Å². The molecular formula is C17H22FN3. The van der Waals surface area contributed by atoms with E-state index in [9.17, 15) is 4.39 Å². The summed E-state index contributed by atoms with van der Waals surface area (Å²) in [7, 11) is 0. The van der Waals surface area contributed by atoms with Crippen LogP contribution in [0.5, 0.6) is 0 Å². The Morgan fingerprint density at radius 3 is 2.67 bits per heavy atom. The molecule has 4 heteroatoms. The third-order valence-electron chi connectivity index (χ3n) is 4.59. The van der Waals surface area contributed by atoms with Gasteiger partial charge in [-0.2, -0.15) is 0 Å². The van der Waals surface area contributed by atoms with Gasteiger partial charge in [-0.05, 0) is 50.0 Å². The number of aromatic nitrogens is 2. The van der Waals surface area contributed by atoms with Gasteiger partial charge in [-0.15, -0.1) is 0 Å². The van der Waals surface area contributed by atoms with Gasteiger partial charge in [0.2, 0.25) is 0 Å². The summed E-state index contributed by atoms with van der Waals surface area (Å²) in [5.74, 6) is -0.177. The van der Waals surface area contributed by atoms with Crippen LogP contribution in [-0.2, 0) is 18.4 Å². The van der Waals surface area contributed by atoms with Crippen molar-refractivity contribution >= 4 is 0 Å². The first-order chi connectivity index (χ1) is 10.2. The molecule has 0 radical (unpaired) electrons. The van der Waals surface area contributed by atoms with Crippen LogP contribution in [0.4, 0.5) is 4.39 Å². The van der Waals surface area contributed by atoms with Crippen molar-refractivity contribution in [3.05, 3.63) is 53.9 Å². The Morgan fingerprint density at radius 1 is 1.24 bits per heavy atom. The van der Waals surface area contributed by atoms with Crippen molar-refractivity contribution in [2.75, 3.05) is 13.1 Å². The third kappa shape index (κ3) is 3.16. The summed E-state index contributed by atoms with van der Waals surface area (Å²) in [4.78, 5) is 4.35. The van der Waals surface area contributed by atoms with Gasteiger partial charge >= 0.3 is 0 Å². The van der Waals surface area contributed by atoms with Crippen molar-refractivity contribution in [3.63, 3.8) is 0 Å². The fraction of sp³-hybridized carbons (Fsp3) is 0.471. The second-order valence-corrected chi connectivity index (χ2v) is 6.16. The Labute approximate surface area is 125 Å². The fourth-order valence-electron chi connectivity index (χ4n) is 3.14. The van der Waals surface area contributed by atoms with E-state index in [1.54, 1.807) is 0 Å². The lowest BCUT2D eigenvalue weighted by molar-refractivity contribution is 0.316. The summed E-state index contributed by atoms with van der Waals surface area (Å²) in [6.07, 6.45) is 7.13.